The number of azo groups is 1. The predicted molar refractivity (Wildman–Crippen MR) is 119 cm³/mol. The molecule has 0 bridgehead atoms. The van der Waals surface area contributed by atoms with Crippen LogP contribution in [0, 0.1) is 6.92 Å². The first-order chi connectivity index (χ1) is 14.5. The molecule has 0 spiro atoms. The molecule has 0 radical (unpaired) electrons. The number of hydrogen-bond donors (Lipinski definition) is 2. The highest BCUT2D eigenvalue weighted by molar-refractivity contribution is 5.52. The maximum Gasteiger partial charge on any atom is 0.227 e. The van der Waals surface area contributed by atoms with Gasteiger partial charge in [0.1, 0.15) is 11.6 Å². The summed E-state index contributed by atoms with van der Waals surface area (Å²) in [5.41, 5.74) is 8.32. The van der Waals surface area contributed by atoms with Crippen LogP contribution in [-0.2, 0) is 0 Å². The lowest BCUT2D eigenvalue weighted by molar-refractivity contribution is 0.415. The van der Waals surface area contributed by atoms with E-state index in [1.54, 1.807) is 14.0 Å². The summed E-state index contributed by atoms with van der Waals surface area (Å²) in [6.07, 6.45) is 0.917. The summed E-state index contributed by atoms with van der Waals surface area (Å²) in [6.45, 7) is 3.40. The average molecular weight is 406 g/mol. The summed E-state index contributed by atoms with van der Waals surface area (Å²) in [7, 11) is 3.69. The number of aromatic nitrogens is 3. The molecule has 3 N–H and O–H groups in total. The summed E-state index contributed by atoms with van der Waals surface area (Å²) < 4.78 is 5.14. The average Bonchev–Trinajstić information content (AvgIpc) is 2.75. The fraction of sp³-hybridized carbons (Fsp3) is 0.286. The molecule has 0 fully saturated rings. The first-order valence-electron chi connectivity index (χ1n) is 9.62. The van der Waals surface area contributed by atoms with Crippen molar-refractivity contribution in [3.63, 3.8) is 0 Å². The van der Waals surface area contributed by atoms with Gasteiger partial charge in [-0.1, -0.05) is 0 Å². The van der Waals surface area contributed by atoms with E-state index < -0.39 is 0 Å². The minimum atomic E-state index is 0.228. The third-order valence-electron chi connectivity index (χ3n) is 4.36. The smallest absolute Gasteiger partial charge is 0.227 e. The molecule has 9 heteroatoms. The van der Waals surface area contributed by atoms with E-state index in [1.165, 1.54) is 0 Å². The summed E-state index contributed by atoms with van der Waals surface area (Å²) in [5.74, 6) is 2.14. The van der Waals surface area contributed by atoms with Gasteiger partial charge in [-0.3, -0.25) is 0 Å². The van der Waals surface area contributed by atoms with Crippen LogP contribution in [0.15, 0.2) is 58.8 Å². The van der Waals surface area contributed by atoms with Crippen LogP contribution in [0.5, 0.6) is 5.75 Å². The van der Waals surface area contributed by atoms with E-state index >= 15 is 0 Å². The molecular formula is C21H26N8O. The lowest BCUT2D eigenvalue weighted by atomic mass is 10.2. The molecule has 9 nitrogen and oxygen atoms in total. The molecule has 0 aliphatic heterocycles. The molecule has 2 aromatic carbocycles. The maximum atomic E-state index is 5.64. The number of benzene rings is 2. The largest absolute Gasteiger partial charge is 0.497 e. The first-order valence-corrected chi connectivity index (χ1v) is 9.62. The second-order valence-corrected chi connectivity index (χ2v) is 6.68. The Balaban J connectivity index is 1.47. The van der Waals surface area contributed by atoms with Crippen LogP contribution in [0.1, 0.15) is 12.2 Å². The zero-order valence-electron chi connectivity index (χ0n) is 17.4. The van der Waals surface area contributed by atoms with E-state index in [2.05, 4.69) is 42.4 Å². The Morgan fingerprint density at radius 3 is 2.20 bits per heavy atom. The molecule has 1 heterocycles. The SMILES string of the molecule is COc1ccc(/N=N/c2ccc(N(C)CCCNc3nc(C)nc(N)n3)cc2)cc1. The van der Waals surface area contributed by atoms with Crippen LogP contribution < -0.4 is 20.7 Å². The highest BCUT2D eigenvalue weighted by Crippen LogP contribution is 2.23. The zero-order chi connectivity index (χ0) is 21.3. The van der Waals surface area contributed by atoms with Gasteiger partial charge in [0.05, 0.1) is 18.5 Å². The minimum Gasteiger partial charge on any atom is -0.497 e. The number of nitrogens with two attached hydrogens (primary N) is 1. The highest BCUT2D eigenvalue weighted by Gasteiger charge is 2.03. The van der Waals surface area contributed by atoms with E-state index in [-0.39, 0.29) is 5.95 Å². The third kappa shape index (κ3) is 6.13. The van der Waals surface area contributed by atoms with Crippen LogP contribution in [0.2, 0.25) is 0 Å². The number of ether oxygens (including phenoxy) is 1. The molecule has 3 rings (SSSR count). The number of nitrogens with zero attached hydrogens (tertiary/aromatic N) is 6. The molecule has 0 aliphatic carbocycles. The van der Waals surface area contributed by atoms with E-state index in [1.807, 2.05) is 48.5 Å². The Bertz CT molecular complexity index is 953. The van der Waals surface area contributed by atoms with Crippen molar-refractivity contribution in [3.05, 3.63) is 54.4 Å². The van der Waals surface area contributed by atoms with Gasteiger partial charge in [-0.05, 0) is 61.9 Å². The third-order valence-corrected chi connectivity index (χ3v) is 4.36. The monoisotopic (exact) mass is 406 g/mol. The Kier molecular flexibility index (Phi) is 7.09. The molecule has 3 aromatic rings. The molecule has 1 aromatic heterocycles. The zero-order valence-corrected chi connectivity index (χ0v) is 17.4. The second kappa shape index (κ2) is 10.1. The van der Waals surface area contributed by atoms with Crippen molar-refractivity contribution in [1.29, 1.82) is 0 Å². The van der Waals surface area contributed by atoms with Crippen LogP contribution in [0.3, 0.4) is 0 Å². The van der Waals surface area contributed by atoms with Crippen molar-refractivity contribution in [2.24, 2.45) is 10.2 Å². The molecule has 0 amide bonds. The molecule has 0 unspecified atom stereocenters. The molecule has 0 saturated heterocycles. The van der Waals surface area contributed by atoms with Gasteiger partial charge in [0.25, 0.3) is 0 Å². The van der Waals surface area contributed by atoms with E-state index in [9.17, 15) is 0 Å². The highest BCUT2D eigenvalue weighted by atomic mass is 16.5. The molecule has 0 saturated carbocycles. The predicted octanol–water partition coefficient (Wildman–Crippen LogP) is 4.12. The standard InChI is InChI=1S/C21H26N8O/c1-15-24-20(22)26-21(25-15)23-13-4-14-29(2)18-9-5-16(6-10-18)27-28-17-7-11-19(30-3)12-8-17/h5-12H,4,13-14H2,1-3H3,(H3,22,23,24,25,26)/b28-27+. The van der Waals surface area contributed by atoms with Gasteiger partial charge in [-0.25, -0.2) is 0 Å². The Labute approximate surface area is 176 Å². The van der Waals surface area contributed by atoms with Crippen LogP contribution in [-0.4, -0.2) is 42.2 Å². The molecular weight excluding hydrogens is 380 g/mol. The second-order valence-electron chi connectivity index (χ2n) is 6.68. The van der Waals surface area contributed by atoms with Gasteiger partial charge in [-0.2, -0.15) is 25.2 Å². The number of aryl methyl sites for hydroxylation is 1. The fourth-order valence-corrected chi connectivity index (χ4v) is 2.77. The number of anilines is 3. The number of nitrogen functional groups attached to an aromatic ring is 1. The van der Waals surface area contributed by atoms with Crippen molar-refractivity contribution in [2.75, 3.05) is 43.2 Å². The van der Waals surface area contributed by atoms with Crippen molar-refractivity contribution in [1.82, 2.24) is 15.0 Å². The topological polar surface area (TPSA) is 114 Å². The van der Waals surface area contributed by atoms with Gasteiger partial charge in [0.15, 0.2) is 0 Å². The number of rotatable bonds is 9. The summed E-state index contributed by atoms with van der Waals surface area (Å²) in [4.78, 5) is 14.4. The fourth-order valence-electron chi connectivity index (χ4n) is 2.77. The van der Waals surface area contributed by atoms with Gasteiger partial charge in [0.2, 0.25) is 11.9 Å². The number of nitrogens with one attached hydrogen (secondary N) is 1. The van der Waals surface area contributed by atoms with E-state index in [4.69, 9.17) is 10.5 Å². The Morgan fingerprint density at radius 1 is 0.967 bits per heavy atom. The minimum absolute atomic E-state index is 0.228. The van der Waals surface area contributed by atoms with Crippen LogP contribution in [0.4, 0.5) is 29.0 Å². The summed E-state index contributed by atoms with van der Waals surface area (Å²) in [6, 6.07) is 15.4. The maximum absolute atomic E-state index is 5.64. The van der Waals surface area contributed by atoms with Gasteiger partial charge in [-0.15, -0.1) is 0 Å². The normalized spacial score (nSPS) is 10.9. The van der Waals surface area contributed by atoms with Gasteiger partial charge < -0.3 is 20.7 Å². The Hall–Kier alpha value is -3.75. The van der Waals surface area contributed by atoms with E-state index in [0.29, 0.717) is 11.8 Å². The molecule has 0 atom stereocenters. The molecule has 30 heavy (non-hydrogen) atoms. The van der Waals surface area contributed by atoms with E-state index in [0.717, 1.165) is 42.3 Å². The van der Waals surface area contributed by atoms with Crippen LogP contribution >= 0.6 is 0 Å². The van der Waals surface area contributed by atoms with Crippen LogP contribution in [0.25, 0.3) is 0 Å². The quantitative estimate of drug-likeness (QED) is 0.406. The van der Waals surface area contributed by atoms with Gasteiger partial charge in [0, 0.05) is 25.8 Å². The molecule has 0 aliphatic rings. The van der Waals surface area contributed by atoms with Crippen molar-refractivity contribution < 1.29 is 4.74 Å². The Morgan fingerprint density at radius 2 is 1.60 bits per heavy atom. The number of hydrogen-bond acceptors (Lipinski definition) is 9. The summed E-state index contributed by atoms with van der Waals surface area (Å²) >= 11 is 0. The first kappa shape index (κ1) is 21.0. The van der Waals surface area contributed by atoms with Crippen molar-refractivity contribution in [2.45, 2.75) is 13.3 Å². The van der Waals surface area contributed by atoms with Gasteiger partial charge >= 0.3 is 0 Å². The lowest BCUT2D eigenvalue weighted by Gasteiger charge is -2.19. The molecule has 156 valence electrons. The van der Waals surface area contributed by atoms with Crippen molar-refractivity contribution >= 4 is 29.0 Å². The van der Waals surface area contributed by atoms with Crippen molar-refractivity contribution in [3.8, 4) is 5.75 Å². The number of methoxy groups -OCH3 is 1. The lowest BCUT2D eigenvalue weighted by Crippen LogP contribution is -2.21. The summed E-state index contributed by atoms with van der Waals surface area (Å²) in [5, 5.41) is 11.7.